The van der Waals surface area contributed by atoms with Gasteiger partial charge in [0.25, 0.3) is 0 Å². The third-order valence-electron chi connectivity index (χ3n) is 5.27. The highest BCUT2D eigenvalue weighted by molar-refractivity contribution is 5.83. The van der Waals surface area contributed by atoms with E-state index in [4.69, 9.17) is 4.74 Å². The molecule has 3 aromatic rings. The molecule has 25 heavy (non-hydrogen) atoms. The van der Waals surface area contributed by atoms with Gasteiger partial charge < -0.3 is 14.2 Å². The Morgan fingerprint density at radius 3 is 3.16 bits per heavy atom. The minimum absolute atomic E-state index is 0.0605. The Hall–Kier alpha value is -2.67. The highest BCUT2D eigenvalue weighted by atomic mass is 16.5. The van der Waals surface area contributed by atoms with Crippen LogP contribution in [-0.4, -0.2) is 49.6 Å². The second-order valence-corrected chi connectivity index (χ2v) is 6.72. The maximum atomic E-state index is 12.9. The lowest BCUT2D eigenvalue weighted by atomic mass is 10.0. The lowest BCUT2D eigenvalue weighted by Crippen LogP contribution is -2.50. The second-order valence-electron chi connectivity index (χ2n) is 6.72. The fourth-order valence-electron chi connectivity index (χ4n) is 3.93. The standard InChI is InChI=1S/C18H19N5O2/c24-18(11-21-7-5-13-3-1-2-4-15(13)21)22-8-6-17-16(10-22)23-14(12-25-17)9-19-20-23/h1-5,7,9,16-17H,6,8,10-12H2/t16-,17+/m0/s1. The molecule has 2 atom stereocenters. The number of rotatable bonds is 2. The van der Waals surface area contributed by atoms with Crippen LogP contribution in [0.4, 0.5) is 0 Å². The molecule has 5 rings (SSSR count). The topological polar surface area (TPSA) is 65.2 Å². The van der Waals surface area contributed by atoms with Crippen molar-refractivity contribution in [1.29, 1.82) is 0 Å². The number of hydrogen-bond acceptors (Lipinski definition) is 4. The maximum absolute atomic E-state index is 12.9. The van der Waals surface area contributed by atoms with Gasteiger partial charge in [-0.15, -0.1) is 5.10 Å². The number of fused-ring (bicyclic) bond motifs is 4. The molecule has 7 heteroatoms. The average Bonchev–Trinajstić information content (AvgIpc) is 3.28. The Bertz CT molecular complexity index is 930. The van der Waals surface area contributed by atoms with Gasteiger partial charge in [-0.2, -0.15) is 0 Å². The summed E-state index contributed by atoms with van der Waals surface area (Å²) >= 11 is 0. The van der Waals surface area contributed by atoms with Crippen molar-refractivity contribution in [3.05, 3.63) is 48.4 Å². The van der Waals surface area contributed by atoms with E-state index in [0.717, 1.165) is 29.6 Å². The molecule has 1 aromatic carbocycles. The van der Waals surface area contributed by atoms with Crippen LogP contribution in [0.15, 0.2) is 42.7 Å². The summed E-state index contributed by atoms with van der Waals surface area (Å²) in [5.74, 6) is 0.132. The van der Waals surface area contributed by atoms with Crippen LogP contribution >= 0.6 is 0 Å². The van der Waals surface area contributed by atoms with Crippen LogP contribution < -0.4 is 0 Å². The molecule has 0 saturated carbocycles. The monoisotopic (exact) mass is 337 g/mol. The molecular weight excluding hydrogens is 318 g/mol. The van der Waals surface area contributed by atoms with Gasteiger partial charge in [0, 0.05) is 24.8 Å². The van der Waals surface area contributed by atoms with Crippen molar-refractivity contribution in [1.82, 2.24) is 24.5 Å². The van der Waals surface area contributed by atoms with E-state index in [1.54, 1.807) is 6.20 Å². The van der Waals surface area contributed by atoms with Crippen LogP contribution in [0, 0.1) is 0 Å². The quantitative estimate of drug-likeness (QED) is 0.712. The van der Waals surface area contributed by atoms with Crippen LogP contribution in [-0.2, 0) is 22.7 Å². The third kappa shape index (κ3) is 2.42. The van der Waals surface area contributed by atoms with E-state index in [-0.39, 0.29) is 18.1 Å². The zero-order valence-corrected chi connectivity index (χ0v) is 13.8. The number of para-hydroxylation sites is 1. The lowest BCUT2D eigenvalue weighted by Gasteiger charge is -2.41. The van der Waals surface area contributed by atoms with E-state index >= 15 is 0 Å². The van der Waals surface area contributed by atoms with Crippen molar-refractivity contribution in [2.75, 3.05) is 13.1 Å². The first-order chi connectivity index (χ1) is 12.3. The maximum Gasteiger partial charge on any atom is 0.242 e. The van der Waals surface area contributed by atoms with Gasteiger partial charge in [0.15, 0.2) is 0 Å². The number of piperidine rings is 1. The van der Waals surface area contributed by atoms with E-state index in [1.807, 2.05) is 44.6 Å². The molecule has 128 valence electrons. The van der Waals surface area contributed by atoms with Crippen LogP contribution in [0.25, 0.3) is 10.9 Å². The third-order valence-corrected chi connectivity index (χ3v) is 5.27. The molecule has 1 amide bonds. The minimum atomic E-state index is 0.0605. The SMILES string of the molecule is O=C(Cn1ccc2ccccc21)N1CC[C@H]2OCc3cnnn3[C@H]2C1. The number of benzene rings is 1. The Balaban J connectivity index is 1.35. The smallest absolute Gasteiger partial charge is 0.242 e. The van der Waals surface area contributed by atoms with Crippen molar-refractivity contribution in [3.63, 3.8) is 0 Å². The van der Waals surface area contributed by atoms with Crippen LogP contribution in [0.5, 0.6) is 0 Å². The Kier molecular flexibility index (Phi) is 3.34. The Labute approximate surface area is 144 Å². The molecular formula is C18H19N5O2. The molecule has 2 aliphatic rings. The molecule has 1 saturated heterocycles. The number of carbonyl (C=O) groups excluding carboxylic acids is 1. The predicted octanol–water partition coefficient (Wildman–Crippen LogP) is 1.61. The average molecular weight is 337 g/mol. The van der Waals surface area contributed by atoms with Gasteiger partial charge in [-0.3, -0.25) is 4.79 Å². The molecule has 0 spiro atoms. The Morgan fingerprint density at radius 1 is 1.28 bits per heavy atom. The number of aromatic nitrogens is 4. The summed E-state index contributed by atoms with van der Waals surface area (Å²) in [5.41, 5.74) is 2.07. The molecule has 7 nitrogen and oxygen atoms in total. The van der Waals surface area contributed by atoms with Crippen molar-refractivity contribution in [2.45, 2.75) is 31.7 Å². The molecule has 0 N–H and O–H groups in total. The molecule has 2 aliphatic heterocycles. The summed E-state index contributed by atoms with van der Waals surface area (Å²) < 4.78 is 9.86. The van der Waals surface area contributed by atoms with Crippen molar-refractivity contribution in [2.24, 2.45) is 0 Å². The van der Waals surface area contributed by atoms with Crippen molar-refractivity contribution < 1.29 is 9.53 Å². The number of hydrogen-bond donors (Lipinski definition) is 0. The van der Waals surface area contributed by atoms with E-state index in [2.05, 4.69) is 16.4 Å². The zero-order chi connectivity index (χ0) is 16.8. The summed E-state index contributed by atoms with van der Waals surface area (Å²) in [7, 11) is 0. The first-order valence-electron chi connectivity index (χ1n) is 8.62. The molecule has 1 fully saturated rings. The van der Waals surface area contributed by atoms with E-state index in [0.29, 0.717) is 19.7 Å². The zero-order valence-electron chi connectivity index (χ0n) is 13.8. The van der Waals surface area contributed by atoms with Gasteiger partial charge in [0.05, 0.1) is 30.6 Å². The van der Waals surface area contributed by atoms with Crippen LogP contribution in [0.1, 0.15) is 18.2 Å². The van der Waals surface area contributed by atoms with Crippen molar-refractivity contribution in [3.8, 4) is 0 Å². The Morgan fingerprint density at radius 2 is 2.20 bits per heavy atom. The number of likely N-dealkylation sites (tertiary alicyclic amines) is 1. The first-order valence-corrected chi connectivity index (χ1v) is 8.62. The molecule has 0 bridgehead atoms. The molecule has 2 aromatic heterocycles. The van der Waals surface area contributed by atoms with Crippen molar-refractivity contribution >= 4 is 16.8 Å². The highest BCUT2D eigenvalue weighted by Crippen LogP contribution is 2.30. The summed E-state index contributed by atoms with van der Waals surface area (Å²) in [6.07, 6.45) is 4.67. The van der Waals surface area contributed by atoms with Gasteiger partial charge in [0.1, 0.15) is 6.54 Å². The molecule has 0 unspecified atom stereocenters. The van der Waals surface area contributed by atoms with Crippen LogP contribution in [0.3, 0.4) is 0 Å². The number of carbonyl (C=O) groups is 1. The van der Waals surface area contributed by atoms with Gasteiger partial charge >= 0.3 is 0 Å². The summed E-state index contributed by atoms with van der Waals surface area (Å²) in [6, 6.07) is 10.2. The fraction of sp³-hybridized carbons (Fsp3) is 0.389. The molecule has 4 heterocycles. The van der Waals surface area contributed by atoms with Gasteiger partial charge in [-0.25, -0.2) is 4.68 Å². The van der Waals surface area contributed by atoms with Gasteiger partial charge in [-0.05, 0) is 23.9 Å². The predicted molar refractivity (Wildman–Crippen MR) is 90.8 cm³/mol. The number of ether oxygens (including phenoxy) is 1. The second kappa shape index (κ2) is 5.70. The van der Waals surface area contributed by atoms with Crippen LogP contribution in [0.2, 0.25) is 0 Å². The minimum Gasteiger partial charge on any atom is -0.370 e. The van der Waals surface area contributed by atoms with E-state index < -0.39 is 0 Å². The number of amides is 1. The lowest BCUT2D eigenvalue weighted by molar-refractivity contribution is -0.138. The molecule has 0 radical (unpaired) electrons. The van der Waals surface area contributed by atoms with Gasteiger partial charge in [0.2, 0.25) is 5.91 Å². The summed E-state index contributed by atoms with van der Waals surface area (Å²) in [6.45, 7) is 2.26. The first kappa shape index (κ1) is 14.7. The summed E-state index contributed by atoms with van der Waals surface area (Å²) in [4.78, 5) is 14.8. The van der Waals surface area contributed by atoms with E-state index in [9.17, 15) is 4.79 Å². The molecule has 0 aliphatic carbocycles. The normalized spacial score (nSPS) is 22.6. The van der Waals surface area contributed by atoms with E-state index in [1.165, 1.54) is 0 Å². The number of nitrogens with zero attached hydrogens (tertiary/aromatic N) is 5. The summed E-state index contributed by atoms with van der Waals surface area (Å²) in [5, 5.41) is 9.33. The highest BCUT2D eigenvalue weighted by Gasteiger charge is 2.37. The fourth-order valence-corrected chi connectivity index (χ4v) is 3.93. The van der Waals surface area contributed by atoms with Gasteiger partial charge in [-0.1, -0.05) is 23.4 Å². The largest absolute Gasteiger partial charge is 0.370 e.